The van der Waals surface area contributed by atoms with Crippen LogP contribution in [0.5, 0.6) is 0 Å². The molecule has 0 amide bonds. The monoisotopic (exact) mass is 316 g/mol. The molecule has 3 rings (SSSR count). The van der Waals surface area contributed by atoms with Crippen molar-refractivity contribution in [2.45, 2.75) is 0 Å². The van der Waals surface area contributed by atoms with Gasteiger partial charge in [-0.1, -0.05) is 34.1 Å². The van der Waals surface area contributed by atoms with E-state index in [-0.39, 0.29) is 0 Å². The first-order valence-corrected chi connectivity index (χ1v) is 7.13. The largest absolute Gasteiger partial charge is 0.264 e. The molecule has 0 N–H and O–H groups in total. The summed E-state index contributed by atoms with van der Waals surface area (Å²) in [5, 5.41) is 3.07. The summed E-state index contributed by atoms with van der Waals surface area (Å²) in [6, 6.07) is 12.1. The Kier molecular flexibility index (Phi) is 3.21. The van der Waals surface area contributed by atoms with Gasteiger partial charge in [0, 0.05) is 33.4 Å². The summed E-state index contributed by atoms with van der Waals surface area (Å²) in [5.41, 5.74) is 3.16. The van der Waals surface area contributed by atoms with Crippen molar-refractivity contribution >= 4 is 27.3 Å². The molecular weight excluding hydrogens is 308 g/mol. The van der Waals surface area contributed by atoms with Crippen LogP contribution in [0.2, 0.25) is 0 Å². The highest BCUT2D eigenvalue weighted by molar-refractivity contribution is 9.10. The third kappa shape index (κ3) is 2.21. The molecule has 0 radical (unpaired) electrons. The first kappa shape index (κ1) is 11.6. The molecule has 2 heterocycles. The van der Waals surface area contributed by atoms with Crippen LogP contribution in [0, 0.1) is 0 Å². The van der Waals surface area contributed by atoms with E-state index in [9.17, 15) is 0 Å². The summed E-state index contributed by atoms with van der Waals surface area (Å²) in [6.45, 7) is 0. The Hall–Kier alpha value is -1.52. The van der Waals surface area contributed by atoms with Crippen LogP contribution < -0.4 is 0 Å². The standard InChI is InChI=1S/C14H9BrN2S/c15-12-6-2-1-5-11(12)13-9-18-14(17-13)10-4-3-7-16-8-10/h1-9H. The quantitative estimate of drug-likeness (QED) is 0.688. The third-order valence-electron chi connectivity index (χ3n) is 2.56. The Morgan fingerprint density at radius 1 is 1.06 bits per heavy atom. The molecule has 1 aromatic carbocycles. The van der Waals surface area contributed by atoms with E-state index in [1.807, 2.05) is 36.5 Å². The van der Waals surface area contributed by atoms with E-state index in [0.29, 0.717) is 0 Å². The predicted molar refractivity (Wildman–Crippen MR) is 78.5 cm³/mol. The van der Waals surface area contributed by atoms with Gasteiger partial charge in [0.05, 0.1) is 5.69 Å². The topological polar surface area (TPSA) is 25.8 Å². The fraction of sp³-hybridized carbons (Fsp3) is 0. The van der Waals surface area contributed by atoms with Crippen molar-refractivity contribution in [3.05, 3.63) is 58.6 Å². The second kappa shape index (κ2) is 5.00. The summed E-state index contributed by atoms with van der Waals surface area (Å²) in [5.74, 6) is 0. The number of halogens is 1. The number of hydrogen-bond donors (Lipinski definition) is 0. The van der Waals surface area contributed by atoms with Crippen molar-refractivity contribution in [2.75, 3.05) is 0 Å². The Labute approximate surface area is 117 Å². The minimum absolute atomic E-state index is 0.992. The number of hydrogen-bond acceptors (Lipinski definition) is 3. The van der Waals surface area contributed by atoms with Crippen molar-refractivity contribution in [3.63, 3.8) is 0 Å². The van der Waals surface area contributed by atoms with Gasteiger partial charge in [0.15, 0.2) is 0 Å². The van der Waals surface area contributed by atoms with Gasteiger partial charge in [-0.2, -0.15) is 0 Å². The molecule has 4 heteroatoms. The minimum Gasteiger partial charge on any atom is -0.264 e. The number of aromatic nitrogens is 2. The molecule has 18 heavy (non-hydrogen) atoms. The van der Waals surface area contributed by atoms with Crippen molar-refractivity contribution in [1.29, 1.82) is 0 Å². The fourth-order valence-corrected chi connectivity index (χ4v) is 2.99. The van der Waals surface area contributed by atoms with Crippen molar-refractivity contribution in [1.82, 2.24) is 9.97 Å². The van der Waals surface area contributed by atoms with Crippen LogP contribution in [-0.4, -0.2) is 9.97 Å². The van der Waals surface area contributed by atoms with Crippen LogP contribution in [0.1, 0.15) is 0 Å². The average Bonchev–Trinajstić information content (AvgIpc) is 2.90. The highest BCUT2D eigenvalue weighted by Crippen LogP contribution is 2.32. The second-order valence-corrected chi connectivity index (χ2v) is 5.47. The van der Waals surface area contributed by atoms with Crippen LogP contribution in [0.4, 0.5) is 0 Å². The van der Waals surface area contributed by atoms with Gasteiger partial charge in [0.2, 0.25) is 0 Å². The molecule has 2 aromatic heterocycles. The molecular formula is C14H9BrN2S. The van der Waals surface area contributed by atoms with Gasteiger partial charge in [-0.15, -0.1) is 11.3 Å². The van der Waals surface area contributed by atoms with Gasteiger partial charge in [-0.05, 0) is 18.2 Å². The number of pyridine rings is 1. The van der Waals surface area contributed by atoms with E-state index in [1.165, 1.54) is 0 Å². The van der Waals surface area contributed by atoms with E-state index >= 15 is 0 Å². The minimum atomic E-state index is 0.992. The fourth-order valence-electron chi connectivity index (χ4n) is 1.69. The van der Waals surface area contributed by atoms with Crippen molar-refractivity contribution in [2.24, 2.45) is 0 Å². The van der Waals surface area contributed by atoms with Gasteiger partial charge in [0.1, 0.15) is 5.01 Å². The summed E-state index contributed by atoms with van der Waals surface area (Å²) < 4.78 is 1.06. The molecule has 0 aliphatic rings. The SMILES string of the molecule is Brc1ccccc1-c1csc(-c2cccnc2)n1. The number of nitrogens with zero attached hydrogens (tertiary/aromatic N) is 2. The lowest BCUT2D eigenvalue weighted by Gasteiger charge is -1.99. The zero-order chi connectivity index (χ0) is 12.4. The molecule has 0 aliphatic heterocycles. The molecule has 0 aliphatic carbocycles. The highest BCUT2D eigenvalue weighted by Gasteiger charge is 2.08. The van der Waals surface area contributed by atoms with E-state index in [1.54, 1.807) is 17.5 Å². The van der Waals surface area contributed by atoms with Gasteiger partial charge < -0.3 is 0 Å². The Morgan fingerprint density at radius 2 is 1.94 bits per heavy atom. The number of benzene rings is 1. The molecule has 0 spiro atoms. The molecule has 88 valence electrons. The summed E-state index contributed by atoms with van der Waals surface area (Å²) in [4.78, 5) is 8.78. The molecule has 0 atom stereocenters. The lowest BCUT2D eigenvalue weighted by atomic mass is 10.2. The Balaban J connectivity index is 2.03. The van der Waals surface area contributed by atoms with Crippen LogP contribution in [0.15, 0.2) is 58.6 Å². The van der Waals surface area contributed by atoms with Crippen LogP contribution in [-0.2, 0) is 0 Å². The van der Waals surface area contributed by atoms with Crippen LogP contribution in [0.25, 0.3) is 21.8 Å². The number of thiazole rings is 1. The zero-order valence-electron chi connectivity index (χ0n) is 9.38. The molecule has 0 saturated carbocycles. The lowest BCUT2D eigenvalue weighted by molar-refractivity contribution is 1.31. The number of rotatable bonds is 2. The normalized spacial score (nSPS) is 10.5. The molecule has 0 unspecified atom stereocenters. The molecule has 0 fully saturated rings. The van der Waals surface area contributed by atoms with Gasteiger partial charge in [0.25, 0.3) is 0 Å². The maximum absolute atomic E-state index is 4.66. The predicted octanol–water partition coefficient (Wildman–Crippen LogP) is 4.63. The van der Waals surface area contributed by atoms with E-state index in [2.05, 4.69) is 37.3 Å². The maximum Gasteiger partial charge on any atom is 0.125 e. The molecule has 2 nitrogen and oxygen atoms in total. The first-order valence-electron chi connectivity index (χ1n) is 5.45. The van der Waals surface area contributed by atoms with E-state index < -0.39 is 0 Å². The van der Waals surface area contributed by atoms with Crippen LogP contribution >= 0.6 is 27.3 Å². The third-order valence-corrected chi connectivity index (χ3v) is 4.15. The molecule has 3 aromatic rings. The average molecular weight is 317 g/mol. The Bertz CT molecular complexity index is 664. The van der Waals surface area contributed by atoms with Gasteiger partial charge in [-0.25, -0.2) is 4.98 Å². The van der Waals surface area contributed by atoms with Crippen molar-refractivity contribution < 1.29 is 0 Å². The van der Waals surface area contributed by atoms with E-state index in [4.69, 9.17) is 0 Å². The second-order valence-electron chi connectivity index (χ2n) is 3.76. The van der Waals surface area contributed by atoms with Crippen molar-refractivity contribution in [3.8, 4) is 21.8 Å². The maximum atomic E-state index is 4.66. The Morgan fingerprint density at radius 3 is 2.72 bits per heavy atom. The lowest BCUT2D eigenvalue weighted by Crippen LogP contribution is -1.81. The summed E-state index contributed by atoms with van der Waals surface area (Å²) in [7, 11) is 0. The zero-order valence-corrected chi connectivity index (χ0v) is 11.8. The highest BCUT2D eigenvalue weighted by atomic mass is 79.9. The van der Waals surface area contributed by atoms with Crippen LogP contribution in [0.3, 0.4) is 0 Å². The molecule has 0 saturated heterocycles. The van der Waals surface area contributed by atoms with Gasteiger partial charge in [-0.3, -0.25) is 4.98 Å². The molecule has 0 bridgehead atoms. The smallest absolute Gasteiger partial charge is 0.125 e. The van der Waals surface area contributed by atoms with E-state index in [0.717, 1.165) is 26.3 Å². The summed E-state index contributed by atoms with van der Waals surface area (Å²) in [6.07, 6.45) is 3.61. The van der Waals surface area contributed by atoms with Gasteiger partial charge >= 0.3 is 0 Å². The first-order chi connectivity index (χ1) is 8.84. The summed E-state index contributed by atoms with van der Waals surface area (Å²) >= 11 is 5.19.